The molecule has 0 saturated carbocycles. The molecule has 0 aromatic carbocycles. The Bertz CT molecular complexity index is 616. The number of nitrogens with zero attached hydrogens (tertiary/aromatic N) is 3. The van der Waals surface area contributed by atoms with E-state index in [1.165, 1.54) is 0 Å². The van der Waals surface area contributed by atoms with Gasteiger partial charge in [0.25, 0.3) is 11.8 Å². The van der Waals surface area contributed by atoms with Gasteiger partial charge in [-0.1, -0.05) is 6.07 Å². The number of pyridine rings is 1. The van der Waals surface area contributed by atoms with Crippen LogP contribution in [0.5, 0.6) is 0 Å². The van der Waals surface area contributed by atoms with Crippen LogP contribution in [0.4, 0.5) is 8.78 Å². The Morgan fingerprint density at radius 3 is 2.62 bits per heavy atom. The number of carbonyl (C=O) groups is 1. The average molecular weight is 339 g/mol. The number of hydrogen-bond donors (Lipinski definition) is 1. The third-order valence-corrected chi connectivity index (χ3v) is 4.83. The molecule has 7 heteroatoms. The summed E-state index contributed by atoms with van der Waals surface area (Å²) in [5.74, 6) is -2.78. The number of rotatable bonds is 3. The minimum absolute atomic E-state index is 0.168. The van der Waals surface area contributed by atoms with Crippen molar-refractivity contribution in [1.82, 2.24) is 14.8 Å². The van der Waals surface area contributed by atoms with Crippen molar-refractivity contribution in [3.63, 3.8) is 0 Å². The lowest BCUT2D eigenvalue weighted by Crippen LogP contribution is -2.49. The van der Waals surface area contributed by atoms with Gasteiger partial charge in [0.15, 0.2) is 0 Å². The van der Waals surface area contributed by atoms with E-state index < -0.39 is 11.5 Å². The monoisotopic (exact) mass is 339 g/mol. The first-order valence-electron chi connectivity index (χ1n) is 8.32. The fraction of sp³-hybridized carbons (Fsp3) is 0.647. The fourth-order valence-corrected chi connectivity index (χ4v) is 3.44. The van der Waals surface area contributed by atoms with Crippen LogP contribution in [-0.4, -0.2) is 70.0 Å². The molecule has 1 aromatic rings. The van der Waals surface area contributed by atoms with Crippen molar-refractivity contribution in [1.29, 1.82) is 0 Å². The van der Waals surface area contributed by atoms with Crippen LogP contribution in [-0.2, 0) is 0 Å². The molecule has 0 bridgehead atoms. The number of aromatic nitrogens is 1. The number of β-amino-alcohol motifs (C(OH)–C–C–N with tert-alkyl or cyclic N) is 1. The molecular weight excluding hydrogens is 316 g/mol. The van der Waals surface area contributed by atoms with Crippen LogP contribution in [0.15, 0.2) is 18.2 Å². The van der Waals surface area contributed by atoms with Crippen LogP contribution in [0, 0.1) is 6.92 Å². The summed E-state index contributed by atoms with van der Waals surface area (Å²) < 4.78 is 26.5. The van der Waals surface area contributed by atoms with Crippen LogP contribution in [0.1, 0.15) is 35.4 Å². The molecule has 1 atom stereocenters. The molecule has 5 nitrogen and oxygen atoms in total. The summed E-state index contributed by atoms with van der Waals surface area (Å²) in [6.45, 7) is 3.38. The molecule has 0 spiro atoms. The SMILES string of the molecule is Cc1cccc(C(=O)N2CC[C@@](O)(CN3CCC(F)(F)CC3)C2)n1. The van der Waals surface area contributed by atoms with Gasteiger partial charge in [-0.05, 0) is 25.5 Å². The number of piperidine rings is 1. The second-order valence-electron chi connectivity index (χ2n) is 7.00. The van der Waals surface area contributed by atoms with E-state index in [4.69, 9.17) is 0 Å². The van der Waals surface area contributed by atoms with Gasteiger partial charge in [0, 0.05) is 44.7 Å². The largest absolute Gasteiger partial charge is 0.387 e. The molecule has 24 heavy (non-hydrogen) atoms. The molecule has 2 saturated heterocycles. The maximum absolute atomic E-state index is 13.2. The van der Waals surface area contributed by atoms with Crippen molar-refractivity contribution in [3.8, 4) is 0 Å². The van der Waals surface area contributed by atoms with Gasteiger partial charge in [-0.3, -0.25) is 9.69 Å². The third kappa shape index (κ3) is 3.89. The molecule has 2 aliphatic heterocycles. The molecule has 3 rings (SSSR count). The fourth-order valence-electron chi connectivity index (χ4n) is 3.44. The summed E-state index contributed by atoms with van der Waals surface area (Å²) in [7, 11) is 0. The molecule has 2 fully saturated rings. The van der Waals surface area contributed by atoms with Crippen molar-refractivity contribution in [3.05, 3.63) is 29.6 Å². The lowest BCUT2D eigenvalue weighted by molar-refractivity contribution is -0.0720. The summed E-state index contributed by atoms with van der Waals surface area (Å²) in [6, 6.07) is 5.27. The number of aryl methyl sites for hydroxylation is 1. The van der Waals surface area contributed by atoms with E-state index in [2.05, 4.69) is 4.98 Å². The van der Waals surface area contributed by atoms with Crippen LogP contribution in [0.2, 0.25) is 0 Å². The summed E-state index contributed by atoms with van der Waals surface area (Å²) >= 11 is 0. The highest BCUT2D eigenvalue weighted by molar-refractivity contribution is 5.92. The lowest BCUT2D eigenvalue weighted by Gasteiger charge is -2.36. The number of amides is 1. The minimum Gasteiger partial charge on any atom is -0.387 e. The highest BCUT2D eigenvalue weighted by Crippen LogP contribution is 2.30. The molecule has 132 valence electrons. The van der Waals surface area contributed by atoms with Gasteiger partial charge in [0.1, 0.15) is 5.69 Å². The summed E-state index contributed by atoms with van der Waals surface area (Å²) in [4.78, 5) is 20.2. The first-order chi connectivity index (χ1) is 11.3. The Morgan fingerprint density at radius 1 is 1.25 bits per heavy atom. The number of hydrogen-bond acceptors (Lipinski definition) is 4. The second-order valence-corrected chi connectivity index (χ2v) is 7.00. The summed E-state index contributed by atoms with van der Waals surface area (Å²) in [6.07, 6.45) is 0.120. The number of carbonyl (C=O) groups excluding carboxylic acids is 1. The molecule has 1 aromatic heterocycles. The van der Waals surface area contributed by atoms with Crippen molar-refractivity contribution >= 4 is 5.91 Å². The summed E-state index contributed by atoms with van der Waals surface area (Å²) in [5.41, 5.74) is 0.105. The number of alkyl halides is 2. The first kappa shape index (κ1) is 17.2. The predicted molar refractivity (Wildman–Crippen MR) is 85.1 cm³/mol. The van der Waals surface area contributed by atoms with E-state index in [1.807, 2.05) is 17.9 Å². The zero-order chi connectivity index (χ0) is 17.4. The molecule has 3 heterocycles. The van der Waals surface area contributed by atoms with Gasteiger partial charge in [-0.15, -0.1) is 0 Å². The van der Waals surface area contributed by atoms with Crippen molar-refractivity contribution < 1.29 is 18.7 Å². The Balaban J connectivity index is 1.59. The van der Waals surface area contributed by atoms with E-state index >= 15 is 0 Å². The van der Waals surface area contributed by atoms with Crippen LogP contribution in [0.3, 0.4) is 0 Å². The van der Waals surface area contributed by atoms with Crippen LogP contribution < -0.4 is 0 Å². The van der Waals surface area contributed by atoms with Gasteiger partial charge in [0.2, 0.25) is 0 Å². The van der Waals surface area contributed by atoms with E-state index in [1.54, 1.807) is 17.0 Å². The average Bonchev–Trinajstić information content (AvgIpc) is 2.91. The molecule has 0 unspecified atom stereocenters. The number of likely N-dealkylation sites (tertiary alicyclic amines) is 2. The second kappa shape index (κ2) is 6.37. The summed E-state index contributed by atoms with van der Waals surface area (Å²) in [5, 5.41) is 10.8. The normalized spacial score (nSPS) is 27.4. The van der Waals surface area contributed by atoms with Crippen molar-refractivity contribution in [2.24, 2.45) is 0 Å². The van der Waals surface area contributed by atoms with E-state index in [-0.39, 0.29) is 38.4 Å². The third-order valence-electron chi connectivity index (χ3n) is 4.83. The van der Waals surface area contributed by atoms with Gasteiger partial charge in [-0.2, -0.15) is 0 Å². The van der Waals surface area contributed by atoms with Gasteiger partial charge < -0.3 is 10.0 Å². The van der Waals surface area contributed by atoms with Gasteiger partial charge in [-0.25, -0.2) is 13.8 Å². The quantitative estimate of drug-likeness (QED) is 0.911. The Hall–Kier alpha value is -1.60. The number of aliphatic hydroxyl groups is 1. The molecule has 0 aliphatic carbocycles. The maximum Gasteiger partial charge on any atom is 0.272 e. The maximum atomic E-state index is 13.2. The Morgan fingerprint density at radius 2 is 1.96 bits per heavy atom. The zero-order valence-corrected chi connectivity index (χ0v) is 13.8. The zero-order valence-electron chi connectivity index (χ0n) is 13.8. The Kier molecular flexibility index (Phi) is 4.57. The molecule has 0 radical (unpaired) electrons. The standard InChI is InChI=1S/C17H23F2N3O2/c1-13-3-2-4-14(20-13)15(23)22-10-5-16(24,12-22)11-21-8-6-17(18,19)7-9-21/h2-4,24H,5-12H2,1H3/t16-/m1/s1. The molecular formula is C17H23F2N3O2. The van der Waals surface area contributed by atoms with Gasteiger partial charge >= 0.3 is 0 Å². The molecule has 1 amide bonds. The van der Waals surface area contributed by atoms with E-state index in [0.717, 1.165) is 5.69 Å². The smallest absolute Gasteiger partial charge is 0.272 e. The first-order valence-corrected chi connectivity index (χ1v) is 8.32. The van der Waals surface area contributed by atoms with Crippen molar-refractivity contribution in [2.75, 3.05) is 32.7 Å². The van der Waals surface area contributed by atoms with Crippen LogP contribution in [0.25, 0.3) is 0 Å². The Labute approximate surface area is 140 Å². The van der Waals surface area contributed by atoms with Gasteiger partial charge in [0.05, 0.1) is 12.1 Å². The lowest BCUT2D eigenvalue weighted by atomic mass is 10.00. The van der Waals surface area contributed by atoms with Crippen molar-refractivity contribution in [2.45, 2.75) is 37.7 Å². The topological polar surface area (TPSA) is 56.7 Å². The van der Waals surface area contributed by atoms with E-state index in [9.17, 15) is 18.7 Å². The molecule has 2 aliphatic rings. The molecule has 1 N–H and O–H groups in total. The van der Waals surface area contributed by atoms with E-state index in [0.29, 0.717) is 25.2 Å². The number of halogens is 2. The highest BCUT2D eigenvalue weighted by Gasteiger charge is 2.42. The highest BCUT2D eigenvalue weighted by atomic mass is 19.3. The van der Waals surface area contributed by atoms with Crippen LogP contribution >= 0.6 is 0 Å². The predicted octanol–water partition coefficient (Wildman–Crippen LogP) is 1.70. The minimum atomic E-state index is -2.59.